The van der Waals surface area contributed by atoms with Crippen molar-refractivity contribution in [2.24, 2.45) is 0 Å². The van der Waals surface area contributed by atoms with Crippen LogP contribution < -0.4 is 4.72 Å². The van der Waals surface area contributed by atoms with Crippen molar-refractivity contribution in [2.45, 2.75) is 44.4 Å². The van der Waals surface area contributed by atoms with E-state index in [1.807, 2.05) is 6.92 Å². The molecular weight excluding hydrogens is 272 g/mol. The van der Waals surface area contributed by atoms with E-state index in [2.05, 4.69) is 4.72 Å². The number of hydrogen-bond donors (Lipinski definition) is 2. The summed E-state index contributed by atoms with van der Waals surface area (Å²) in [6.07, 6.45) is 1.56. The van der Waals surface area contributed by atoms with Crippen molar-refractivity contribution >= 4 is 21.9 Å². The van der Waals surface area contributed by atoms with Crippen LogP contribution in [0.2, 0.25) is 0 Å². The predicted molar refractivity (Wildman–Crippen MR) is 71.2 cm³/mol. The van der Waals surface area contributed by atoms with Gasteiger partial charge in [-0.2, -0.15) is 0 Å². The van der Waals surface area contributed by atoms with Gasteiger partial charge < -0.3 is 10.0 Å². The normalized spacial score (nSPS) is 14.7. The standard InChI is InChI=1S/C11H22N2O5S/c1-5-6-7-9(11(15)16)12-19(17,18)8(2)10(14)13(3)4/h8-9,12H,5-7H2,1-4H3,(H,15,16)/t8?,9-/m0/s1. The van der Waals surface area contributed by atoms with Crippen LogP contribution in [0.1, 0.15) is 33.1 Å². The summed E-state index contributed by atoms with van der Waals surface area (Å²) in [4.78, 5) is 23.8. The van der Waals surface area contributed by atoms with Crippen molar-refractivity contribution in [1.29, 1.82) is 0 Å². The molecule has 0 radical (unpaired) electrons. The molecule has 1 amide bonds. The highest BCUT2D eigenvalue weighted by atomic mass is 32.2. The van der Waals surface area contributed by atoms with Gasteiger partial charge in [0.2, 0.25) is 15.9 Å². The minimum Gasteiger partial charge on any atom is -0.480 e. The Morgan fingerprint density at radius 1 is 1.32 bits per heavy atom. The van der Waals surface area contributed by atoms with E-state index < -0.39 is 33.2 Å². The van der Waals surface area contributed by atoms with Crippen LogP contribution in [0.15, 0.2) is 0 Å². The molecule has 7 nitrogen and oxygen atoms in total. The molecule has 2 N–H and O–H groups in total. The van der Waals surface area contributed by atoms with E-state index in [1.54, 1.807) is 0 Å². The van der Waals surface area contributed by atoms with Crippen LogP contribution in [0.3, 0.4) is 0 Å². The van der Waals surface area contributed by atoms with Crippen LogP contribution in [-0.2, 0) is 19.6 Å². The maximum atomic E-state index is 11.9. The summed E-state index contributed by atoms with van der Waals surface area (Å²) in [7, 11) is -1.11. The number of carboxylic acids is 1. The van der Waals surface area contributed by atoms with E-state index in [0.717, 1.165) is 11.3 Å². The van der Waals surface area contributed by atoms with Crippen molar-refractivity contribution in [3.63, 3.8) is 0 Å². The van der Waals surface area contributed by atoms with Gasteiger partial charge in [-0.25, -0.2) is 13.1 Å². The first-order valence-corrected chi connectivity index (χ1v) is 7.63. The molecule has 0 aliphatic rings. The van der Waals surface area contributed by atoms with Crippen LogP contribution in [0, 0.1) is 0 Å². The zero-order chi connectivity index (χ0) is 15.2. The van der Waals surface area contributed by atoms with E-state index in [1.165, 1.54) is 21.0 Å². The molecule has 0 aromatic heterocycles. The Morgan fingerprint density at radius 3 is 2.21 bits per heavy atom. The third-order valence-corrected chi connectivity index (χ3v) is 4.45. The fourth-order valence-electron chi connectivity index (χ4n) is 1.44. The largest absolute Gasteiger partial charge is 0.480 e. The molecule has 0 aromatic carbocycles. The highest BCUT2D eigenvalue weighted by molar-refractivity contribution is 7.90. The van der Waals surface area contributed by atoms with Crippen LogP contribution in [-0.4, -0.2) is 55.7 Å². The highest BCUT2D eigenvalue weighted by Crippen LogP contribution is 2.07. The molecule has 0 rings (SSSR count). The molecule has 2 atom stereocenters. The Balaban J connectivity index is 4.90. The average Bonchev–Trinajstić information content (AvgIpc) is 2.31. The van der Waals surface area contributed by atoms with Crippen molar-refractivity contribution < 1.29 is 23.1 Å². The summed E-state index contributed by atoms with van der Waals surface area (Å²) in [5.74, 6) is -1.83. The maximum Gasteiger partial charge on any atom is 0.321 e. The summed E-state index contributed by atoms with van der Waals surface area (Å²) in [6.45, 7) is 3.12. The zero-order valence-corrected chi connectivity index (χ0v) is 12.5. The Morgan fingerprint density at radius 2 is 1.84 bits per heavy atom. The average molecular weight is 294 g/mol. The topological polar surface area (TPSA) is 104 Å². The lowest BCUT2D eigenvalue weighted by molar-refractivity contribution is -0.139. The van der Waals surface area contributed by atoms with Gasteiger partial charge in [-0.05, 0) is 13.3 Å². The number of nitrogens with zero attached hydrogens (tertiary/aromatic N) is 1. The minimum absolute atomic E-state index is 0.202. The van der Waals surface area contributed by atoms with Crippen LogP contribution >= 0.6 is 0 Å². The second-order valence-corrected chi connectivity index (χ2v) is 6.60. The highest BCUT2D eigenvalue weighted by Gasteiger charge is 2.33. The van der Waals surface area contributed by atoms with E-state index >= 15 is 0 Å². The van der Waals surface area contributed by atoms with E-state index in [4.69, 9.17) is 5.11 Å². The molecule has 112 valence electrons. The SMILES string of the molecule is CCCC[C@H](NS(=O)(=O)C(C)C(=O)N(C)C)C(=O)O. The van der Waals surface area contributed by atoms with Gasteiger partial charge in [-0.3, -0.25) is 9.59 Å². The zero-order valence-electron chi connectivity index (χ0n) is 11.7. The maximum absolute atomic E-state index is 11.9. The Hall–Kier alpha value is -1.15. The van der Waals surface area contributed by atoms with Gasteiger partial charge in [0, 0.05) is 14.1 Å². The lowest BCUT2D eigenvalue weighted by Gasteiger charge is -2.20. The van der Waals surface area contributed by atoms with Crippen molar-refractivity contribution in [3.8, 4) is 0 Å². The Labute approximate surface area is 114 Å². The summed E-state index contributed by atoms with van der Waals surface area (Å²) < 4.78 is 26.0. The van der Waals surface area contributed by atoms with E-state index in [-0.39, 0.29) is 6.42 Å². The number of unbranched alkanes of at least 4 members (excludes halogenated alkanes) is 1. The molecule has 0 aliphatic carbocycles. The number of nitrogens with one attached hydrogen (secondary N) is 1. The van der Waals surface area contributed by atoms with Gasteiger partial charge in [-0.15, -0.1) is 0 Å². The number of amides is 1. The number of carbonyl (C=O) groups is 2. The number of carbonyl (C=O) groups excluding carboxylic acids is 1. The van der Waals surface area contributed by atoms with E-state index in [9.17, 15) is 18.0 Å². The molecule has 0 saturated carbocycles. The Kier molecular flexibility index (Phi) is 6.99. The third-order valence-electron chi connectivity index (χ3n) is 2.70. The number of carboxylic acid groups (broad SMARTS) is 1. The van der Waals surface area contributed by atoms with Gasteiger partial charge in [0.1, 0.15) is 6.04 Å². The molecule has 0 heterocycles. The minimum atomic E-state index is -4.00. The van der Waals surface area contributed by atoms with Crippen molar-refractivity contribution in [2.75, 3.05) is 14.1 Å². The summed E-state index contributed by atoms with van der Waals surface area (Å²) >= 11 is 0. The predicted octanol–water partition coefficient (Wildman–Crippen LogP) is 0.0259. The quantitative estimate of drug-likeness (QED) is 0.657. The first-order chi connectivity index (χ1) is 8.63. The van der Waals surface area contributed by atoms with Gasteiger partial charge in [0.15, 0.2) is 5.25 Å². The van der Waals surface area contributed by atoms with Crippen LogP contribution in [0.4, 0.5) is 0 Å². The molecule has 0 aliphatic heterocycles. The summed E-state index contributed by atoms with van der Waals surface area (Å²) in [5.41, 5.74) is 0. The molecule has 8 heteroatoms. The monoisotopic (exact) mass is 294 g/mol. The molecule has 0 saturated heterocycles. The second kappa shape index (κ2) is 7.44. The fourth-order valence-corrected chi connectivity index (χ4v) is 2.73. The number of aliphatic carboxylic acids is 1. The third kappa shape index (κ3) is 5.56. The van der Waals surface area contributed by atoms with Gasteiger partial charge in [-0.1, -0.05) is 19.8 Å². The molecular formula is C11H22N2O5S. The van der Waals surface area contributed by atoms with Gasteiger partial charge in [0.05, 0.1) is 0 Å². The molecule has 0 aromatic rings. The second-order valence-electron chi connectivity index (χ2n) is 4.57. The van der Waals surface area contributed by atoms with Crippen LogP contribution in [0.25, 0.3) is 0 Å². The molecule has 1 unspecified atom stereocenters. The summed E-state index contributed by atoms with van der Waals surface area (Å²) in [6, 6.07) is -1.19. The van der Waals surface area contributed by atoms with Gasteiger partial charge in [0.25, 0.3) is 0 Å². The van der Waals surface area contributed by atoms with Crippen LogP contribution in [0.5, 0.6) is 0 Å². The van der Waals surface area contributed by atoms with Crippen molar-refractivity contribution in [1.82, 2.24) is 9.62 Å². The lowest BCUT2D eigenvalue weighted by Crippen LogP contribution is -2.48. The fraction of sp³-hybridized carbons (Fsp3) is 0.818. The number of rotatable bonds is 8. The summed E-state index contributed by atoms with van der Waals surface area (Å²) in [5, 5.41) is 7.66. The Bertz CT molecular complexity index is 419. The lowest BCUT2D eigenvalue weighted by atomic mass is 10.1. The first kappa shape index (κ1) is 17.8. The van der Waals surface area contributed by atoms with Gasteiger partial charge >= 0.3 is 5.97 Å². The van der Waals surface area contributed by atoms with Crippen molar-refractivity contribution in [3.05, 3.63) is 0 Å². The smallest absolute Gasteiger partial charge is 0.321 e. The number of sulfonamides is 1. The molecule has 0 fully saturated rings. The molecule has 0 bridgehead atoms. The first-order valence-electron chi connectivity index (χ1n) is 6.08. The molecule has 0 spiro atoms. The van der Waals surface area contributed by atoms with E-state index in [0.29, 0.717) is 6.42 Å². The molecule has 19 heavy (non-hydrogen) atoms. The number of hydrogen-bond acceptors (Lipinski definition) is 4.